The summed E-state index contributed by atoms with van der Waals surface area (Å²) in [6.07, 6.45) is 5.93. The van der Waals surface area contributed by atoms with Crippen molar-refractivity contribution in [3.63, 3.8) is 0 Å². The second-order valence-electron chi connectivity index (χ2n) is 5.97. The minimum absolute atomic E-state index is 0.146. The molecule has 1 aliphatic rings. The molecule has 0 amide bonds. The molecule has 0 aromatic carbocycles. The van der Waals surface area contributed by atoms with E-state index in [0.717, 1.165) is 25.3 Å². The van der Waals surface area contributed by atoms with Gasteiger partial charge in [0.25, 0.3) is 0 Å². The number of likely N-dealkylation sites (tertiary alicyclic amines) is 1. The lowest BCUT2D eigenvalue weighted by molar-refractivity contribution is 0.183. The highest BCUT2D eigenvalue weighted by Gasteiger charge is 2.18. The van der Waals surface area contributed by atoms with E-state index in [1.54, 1.807) is 0 Å². The van der Waals surface area contributed by atoms with Gasteiger partial charge in [-0.1, -0.05) is 6.42 Å². The summed E-state index contributed by atoms with van der Waals surface area (Å²) in [5.74, 6) is 0.753. The van der Waals surface area contributed by atoms with Gasteiger partial charge in [-0.15, -0.1) is 0 Å². The van der Waals surface area contributed by atoms with Crippen LogP contribution in [0.25, 0.3) is 0 Å². The van der Waals surface area contributed by atoms with Gasteiger partial charge in [-0.2, -0.15) is 5.26 Å². The van der Waals surface area contributed by atoms with Gasteiger partial charge in [-0.05, 0) is 71.6 Å². The molecule has 0 aromatic heterocycles. The lowest BCUT2D eigenvalue weighted by atomic mass is 9.89. The summed E-state index contributed by atoms with van der Waals surface area (Å²) in [5.41, 5.74) is 5.54. The standard InChI is InChI=1S/C14H27N3/c1-14(2,12-16)7-3-4-8-17-9-5-13(11-15)6-10-17/h13H,3-11,15H2,1-2H3. The van der Waals surface area contributed by atoms with Gasteiger partial charge < -0.3 is 10.6 Å². The molecule has 0 aromatic rings. The zero-order valence-corrected chi connectivity index (χ0v) is 11.4. The smallest absolute Gasteiger partial charge is 0.0683 e. The average Bonchev–Trinajstić information content (AvgIpc) is 2.35. The van der Waals surface area contributed by atoms with E-state index in [2.05, 4.69) is 11.0 Å². The molecule has 0 bridgehead atoms. The molecule has 2 N–H and O–H groups in total. The first kappa shape index (κ1) is 14.5. The van der Waals surface area contributed by atoms with Crippen LogP contribution < -0.4 is 5.73 Å². The molecule has 0 atom stereocenters. The van der Waals surface area contributed by atoms with E-state index in [0.29, 0.717) is 0 Å². The van der Waals surface area contributed by atoms with Gasteiger partial charge in [0.15, 0.2) is 0 Å². The molecule has 0 spiro atoms. The topological polar surface area (TPSA) is 53.0 Å². The molecule has 1 saturated heterocycles. The molecule has 1 fully saturated rings. The highest BCUT2D eigenvalue weighted by Crippen LogP contribution is 2.22. The first-order chi connectivity index (χ1) is 8.07. The fourth-order valence-corrected chi connectivity index (χ4v) is 2.40. The molecule has 0 radical (unpaired) electrons. The molecule has 0 unspecified atom stereocenters. The van der Waals surface area contributed by atoms with Gasteiger partial charge in [0, 0.05) is 0 Å². The fourth-order valence-electron chi connectivity index (χ4n) is 2.40. The highest BCUT2D eigenvalue weighted by molar-refractivity contribution is 4.91. The van der Waals surface area contributed by atoms with Gasteiger partial charge in [0.05, 0.1) is 11.5 Å². The van der Waals surface area contributed by atoms with Crippen LogP contribution in [0.1, 0.15) is 46.0 Å². The van der Waals surface area contributed by atoms with Crippen molar-refractivity contribution in [3.8, 4) is 6.07 Å². The monoisotopic (exact) mass is 237 g/mol. The number of hydrogen-bond donors (Lipinski definition) is 1. The summed E-state index contributed by atoms with van der Waals surface area (Å²) in [5, 5.41) is 8.93. The van der Waals surface area contributed by atoms with Crippen molar-refractivity contribution in [1.82, 2.24) is 4.90 Å². The SMILES string of the molecule is CC(C)(C#N)CCCCN1CCC(CN)CC1. The Morgan fingerprint density at radius 1 is 1.29 bits per heavy atom. The zero-order valence-electron chi connectivity index (χ0n) is 11.4. The third-order valence-corrected chi connectivity index (χ3v) is 3.87. The Hall–Kier alpha value is -0.590. The molecule has 3 heteroatoms. The van der Waals surface area contributed by atoms with E-state index in [9.17, 15) is 0 Å². The third kappa shape index (κ3) is 5.52. The van der Waals surface area contributed by atoms with E-state index >= 15 is 0 Å². The molecule has 1 heterocycles. The number of unbranched alkanes of at least 4 members (excludes halogenated alkanes) is 1. The highest BCUT2D eigenvalue weighted by atomic mass is 15.1. The maximum Gasteiger partial charge on any atom is 0.0683 e. The molecule has 0 saturated carbocycles. The van der Waals surface area contributed by atoms with Crippen LogP contribution >= 0.6 is 0 Å². The van der Waals surface area contributed by atoms with Crippen molar-refractivity contribution in [3.05, 3.63) is 0 Å². The van der Waals surface area contributed by atoms with Crippen molar-refractivity contribution < 1.29 is 0 Å². The Morgan fingerprint density at radius 3 is 2.47 bits per heavy atom. The lowest BCUT2D eigenvalue weighted by Gasteiger charge is -2.31. The molecule has 98 valence electrons. The average molecular weight is 237 g/mol. The Balaban J connectivity index is 2.07. The van der Waals surface area contributed by atoms with Crippen molar-refractivity contribution in [2.45, 2.75) is 46.0 Å². The summed E-state index contributed by atoms with van der Waals surface area (Å²) >= 11 is 0. The number of nitriles is 1. The first-order valence-electron chi connectivity index (χ1n) is 6.91. The van der Waals surface area contributed by atoms with E-state index < -0.39 is 0 Å². The number of rotatable bonds is 6. The third-order valence-electron chi connectivity index (χ3n) is 3.87. The van der Waals surface area contributed by atoms with Crippen molar-refractivity contribution in [2.75, 3.05) is 26.2 Å². The molecule has 17 heavy (non-hydrogen) atoms. The predicted molar refractivity (Wildman–Crippen MR) is 71.5 cm³/mol. The van der Waals surface area contributed by atoms with E-state index in [1.165, 1.54) is 38.9 Å². The lowest BCUT2D eigenvalue weighted by Crippen LogP contribution is -2.36. The van der Waals surface area contributed by atoms with Crippen molar-refractivity contribution >= 4 is 0 Å². The Morgan fingerprint density at radius 2 is 1.94 bits per heavy atom. The second-order valence-corrected chi connectivity index (χ2v) is 5.97. The predicted octanol–water partition coefficient (Wildman–Crippen LogP) is 2.38. The van der Waals surface area contributed by atoms with Crippen LogP contribution in [0.5, 0.6) is 0 Å². The Kier molecular flexibility index (Phi) is 5.94. The van der Waals surface area contributed by atoms with Crippen LogP contribution in [0.3, 0.4) is 0 Å². The molecule has 0 aliphatic carbocycles. The van der Waals surface area contributed by atoms with Crippen molar-refractivity contribution in [2.24, 2.45) is 17.1 Å². The largest absolute Gasteiger partial charge is 0.330 e. The summed E-state index contributed by atoms with van der Waals surface area (Å²) < 4.78 is 0. The first-order valence-corrected chi connectivity index (χ1v) is 6.91. The van der Waals surface area contributed by atoms with Crippen LogP contribution in [-0.4, -0.2) is 31.1 Å². The summed E-state index contributed by atoms with van der Waals surface area (Å²) in [6.45, 7) is 8.52. The van der Waals surface area contributed by atoms with Gasteiger partial charge in [-0.25, -0.2) is 0 Å². The summed E-state index contributed by atoms with van der Waals surface area (Å²) in [7, 11) is 0. The van der Waals surface area contributed by atoms with E-state index in [-0.39, 0.29) is 5.41 Å². The summed E-state index contributed by atoms with van der Waals surface area (Å²) in [4.78, 5) is 2.55. The van der Waals surface area contributed by atoms with Gasteiger partial charge in [-0.3, -0.25) is 0 Å². The molecule has 1 rings (SSSR count). The number of piperidine rings is 1. The number of nitrogens with two attached hydrogens (primary N) is 1. The molecular weight excluding hydrogens is 210 g/mol. The maximum absolute atomic E-state index is 8.93. The van der Waals surface area contributed by atoms with Crippen LogP contribution in [0.2, 0.25) is 0 Å². The normalized spacial score (nSPS) is 19.2. The maximum atomic E-state index is 8.93. The minimum Gasteiger partial charge on any atom is -0.330 e. The second kappa shape index (κ2) is 6.98. The number of nitrogens with zero attached hydrogens (tertiary/aromatic N) is 2. The summed E-state index contributed by atoms with van der Waals surface area (Å²) in [6, 6.07) is 2.37. The fraction of sp³-hybridized carbons (Fsp3) is 0.929. The number of hydrogen-bond acceptors (Lipinski definition) is 3. The van der Waals surface area contributed by atoms with Crippen LogP contribution in [0.15, 0.2) is 0 Å². The van der Waals surface area contributed by atoms with Crippen LogP contribution in [0.4, 0.5) is 0 Å². The van der Waals surface area contributed by atoms with Crippen LogP contribution in [0, 0.1) is 22.7 Å². The Bertz CT molecular complexity index is 247. The van der Waals surface area contributed by atoms with E-state index in [4.69, 9.17) is 11.0 Å². The zero-order chi connectivity index (χ0) is 12.7. The molecular formula is C14H27N3. The van der Waals surface area contributed by atoms with Crippen molar-refractivity contribution in [1.29, 1.82) is 5.26 Å². The minimum atomic E-state index is -0.146. The van der Waals surface area contributed by atoms with E-state index in [1.807, 2.05) is 13.8 Å². The van der Waals surface area contributed by atoms with Gasteiger partial charge in [0.1, 0.15) is 0 Å². The molecule has 1 aliphatic heterocycles. The van der Waals surface area contributed by atoms with Gasteiger partial charge in [0.2, 0.25) is 0 Å². The Labute approximate surface area is 106 Å². The van der Waals surface area contributed by atoms with Gasteiger partial charge >= 0.3 is 0 Å². The van der Waals surface area contributed by atoms with Crippen LogP contribution in [-0.2, 0) is 0 Å². The quantitative estimate of drug-likeness (QED) is 0.722. The molecule has 3 nitrogen and oxygen atoms in total.